The van der Waals surface area contributed by atoms with Gasteiger partial charge in [0.2, 0.25) is 5.78 Å². The number of amides is 1. The van der Waals surface area contributed by atoms with Gasteiger partial charge in [0.25, 0.3) is 5.91 Å². The van der Waals surface area contributed by atoms with E-state index in [2.05, 4.69) is 0 Å². The van der Waals surface area contributed by atoms with Crippen LogP contribution in [-0.2, 0) is 16.2 Å². The molecule has 3 aromatic carbocycles. The smallest absolute Gasteiger partial charge is 0.295 e. The minimum atomic E-state index is -0.862. The van der Waals surface area contributed by atoms with Crippen molar-refractivity contribution in [2.45, 2.75) is 26.0 Å². The van der Waals surface area contributed by atoms with E-state index in [1.54, 1.807) is 18.2 Å². The first kappa shape index (κ1) is 26.1. The fourth-order valence-electron chi connectivity index (χ4n) is 4.54. The largest absolute Gasteiger partial charge is 0.872 e. The van der Waals surface area contributed by atoms with Crippen molar-refractivity contribution >= 4 is 17.4 Å². The molecule has 0 spiro atoms. The van der Waals surface area contributed by atoms with Crippen LogP contribution in [-0.4, -0.2) is 43.8 Å². The molecule has 37 heavy (non-hydrogen) atoms. The molecule has 1 atom stereocenters. The molecule has 7 heteroatoms. The van der Waals surface area contributed by atoms with E-state index in [-0.39, 0.29) is 5.57 Å². The topological polar surface area (TPSA) is 74.1 Å². The zero-order valence-corrected chi connectivity index (χ0v) is 21.3. The number of carbonyl (C=O) groups excluding carboxylic acids is 2. The first-order valence-corrected chi connectivity index (χ1v) is 12.3. The number of benzene rings is 3. The molecule has 1 saturated heterocycles. The van der Waals surface area contributed by atoms with Gasteiger partial charge in [-0.05, 0) is 53.4 Å². The molecule has 0 aliphatic carbocycles. The highest BCUT2D eigenvalue weighted by Gasteiger charge is 2.44. The molecular formula is C30H31FN2O4. The maximum atomic E-state index is 13.7. The third kappa shape index (κ3) is 5.89. The number of likely N-dealkylation sites (tertiary alicyclic amines) is 1. The summed E-state index contributed by atoms with van der Waals surface area (Å²) in [5.41, 5.74) is 2.48. The Morgan fingerprint density at radius 2 is 1.73 bits per heavy atom. The lowest BCUT2D eigenvalue weighted by atomic mass is 9.94. The minimum Gasteiger partial charge on any atom is -0.872 e. The maximum absolute atomic E-state index is 13.7. The lowest BCUT2D eigenvalue weighted by Gasteiger charge is -2.28. The Morgan fingerprint density at radius 3 is 2.38 bits per heavy atom. The van der Waals surface area contributed by atoms with E-state index in [4.69, 9.17) is 4.74 Å². The Bertz CT molecular complexity index is 1300. The summed E-state index contributed by atoms with van der Waals surface area (Å²) in [7, 11) is 4.01. The van der Waals surface area contributed by atoms with E-state index in [0.29, 0.717) is 36.4 Å². The van der Waals surface area contributed by atoms with Crippen molar-refractivity contribution in [3.05, 3.63) is 106 Å². The number of aryl methyl sites for hydroxylation is 1. The number of ether oxygens (including phenoxy) is 1. The van der Waals surface area contributed by atoms with Crippen molar-refractivity contribution in [2.24, 2.45) is 0 Å². The summed E-state index contributed by atoms with van der Waals surface area (Å²) in [5.74, 6) is -1.82. The lowest BCUT2D eigenvalue weighted by molar-refractivity contribution is -0.858. The van der Waals surface area contributed by atoms with Gasteiger partial charge in [0.05, 0.1) is 26.7 Å². The second kappa shape index (κ2) is 11.4. The number of rotatable bonds is 9. The second-order valence-electron chi connectivity index (χ2n) is 9.59. The van der Waals surface area contributed by atoms with E-state index >= 15 is 0 Å². The van der Waals surface area contributed by atoms with Crippen molar-refractivity contribution in [1.82, 2.24) is 4.90 Å². The summed E-state index contributed by atoms with van der Waals surface area (Å²) in [5, 5.41) is 13.7. The molecule has 1 unspecified atom stereocenters. The SMILES string of the molecule is Cc1cc(C([O-])=C2C(=O)C(=O)N(CCC[NH+](C)C)C2c2ccc(F)cc2)ccc1OCc1ccccc1. The number of hydrogen-bond acceptors (Lipinski definition) is 4. The van der Waals surface area contributed by atoms with Gasteiger partial charge < -0.3 is 19.6 Å². The number of quaternary nitrogens is 1. The molecule has 1 fully saturated rings. The summed E-state index contributed by atoms with van der Waals surface area (Å²) in [6.07, 6.45) is 0.660. The van der Waals surface area contributed by atoms with Crippen LogP contribution in [0.2, 0.25) is 0 Å². The molecule has 192 valence electrons. The first-order valence-electron chi connectivity index (χ1n) is 12.3. The number of nitrogens with one attached hydrogen (secondary N) is 1. The van der Waals surface area contributed by atoms with Crippen LogP contribution in [0.25, 0.3) is 5.76 Å². The van der Waals surface area contributed by atoms with E-state index in [9.17, 15) is 19.1 Å². The zero-order valence-electron chi connectivity index (χ0n) is 21.3. The molecule has 1 heterocycles. The molecule has 0 aromatic heterocycles. The fourth-order valence-corrected chi connectivity index (χ4v) is 4.54. The third-order valence-electron chi connectivity index (χ3n) is 6.47. The Kier molecular flexibility index (Phi) is 8.04. The van der Waals surface area contributed by atoms with Crippen LogP contribution in [0.5, 0.6) is 5.75 Å². The average molecular weight is 503 g/mol. The summed E-state index contributed by atoms with van der Waals surface area (Å²) < 4.78 is 19.6. The van der Waals surface area contributed by atoms with Gasteiger partial charge in [-0.15, -0.1) is 0 Å². The molecule has 4 rings (SSSR count). The van der Waals surface area contributed by atoms with Crippen LogP contribution >= 0.6 is 0 Å². The van der Waals surface area contributed by atoms with Crippen LogP contribution in [0, 0.1) is 12.7 Å². The van der Waals surface area contributed by atoms with Gasteiger partial charge in [0, 0.05) is 18.5 Å². The molecule has 0 radical (unpaired) electrons. The van der Waals surface area contributed by atoms with Gasteiger partial charge in [0.1, 0.15) is 18.2 Å². The van der Waals surface area contributed by atoms with Crippen LogP contribution in [0.15, 0.2) is 78.4 Å². The zero-order chi connectivity index (χ0) is 26.5. The summed E-state index contributed by atoms with van der Waals surface area (Å²) in [6, 6.07) is 19.5. The summed E-state index contributed by atoms with van der Waals surface area (Å²) >= 11 is 0. The summed E-state index contributed by atoms with van der Waals surface area (Å²) in [4.78, 5) is 28.8. The Morgan fingerprint density at radius 1 is 1.03 bits per heavy atom. The molecule has 6 nitrogen and oxygen atoms in total. The predicted molar refractivity (Wildman–Crippen MR) is 137 cm³/mol. The lowest BCUT2D eigenvalue weighted by Crippen LogP contribution is -3.05. The Balaban J connectivity index is 1.67. The standard InChI is InChI=1S/C30H31FN2O4/c1-20-18-23(12-15-25(20)37-19-21-8-5-4-6-9-21)28(34)26-27(22-10-13-24(31)14-11-22)33(30(36)29(26)35)17-7-16-32(2)3/h4-6,8-15,18,27,34H,7,16-17,19H2,1-3H3. The van der Waals surface area contributed by atoms with Crippen molar-refractivity contribution in [3.8, 4) is 5.75 Å². The third-order valence-corrected chi connectivity index (χ3v) is 6.47. The van der Waals surface area contributed by atoms with E-state index in [0.717, 1.165) is 17.7 Å². The molecule has 0 bridgehead atoms. The van der Waals surface area contributed by atoms with Gasteiger partial charge in [-0.3, -0.25) is 9.59 Å². The number of Topliss-reactive ketones (excluding diaryl/α,β-unsaturated/α-hetero) is 1. The van der Waals surface area contributed by atoms with Crippen LogP contribution in [0.1, 0.15) is 34.7 Å². The highest BCUT2D eigenvalue weighted by Crippen LogP contribution is 2.39. The monoisotopic (exact) mass is 502 g/mol. The second-order valence-corrected chi connectivity index (χ2v) is 9.59. The number of halogens is 1. The van der Waals surface area contributed by atoms with Gasteiger partial charge in [-0.25, -0.2) is 4.39 Å². The van der Waals surface area contributed by atoms with Crippen molar-refractivity contribution in [3.63, 3.8) is 0 Å². The first-order chi connectivity index (χ1) is 17.8. The van der Waals surface area contributed by atoms with Crippen molar-refractivity contribution in [1.29, 1.82) is 0 Å². The molecular weight excluding hydrogens is 471 g/mol. The molecule has 1 aliphatic heterocycles. The quantitative estimate of drug-likeness (QED) is 0.277. The van der Waals surface area contributed by atoms with E-state index in [1.807, 2.05) is 51.4 Å². The highest BCUT2D eigenvalue weighted by atomic mass is 19.1. The van der Waals surface area contributed by atoms with Crippen LogP contribution in [0.3, 0.4) is 0 Å². The van der Waals surface area contributed by atoms with Gasteiger partial charge in [-0.1, -0.05) is 54.3 Å². The Labute approximate surface area is 216 Å². The molecule has 3 aromatic rings. The van der Waals surface area contributed by atoms with Crippen molar-refractivity contribution in [2.75, 3.05) is 27.2 Å². The molecule has 1 N–H and O–H groups in total. The molecule has 1 amide bonds. The maximum Gasteiger partial charge on any atom is 0.295 e. The average Bonchev–Trinajstić information content (AvgIpc) is 3.13. The number of nitrogens with zero attached hydrogens (tertiary/aromatic N) is 1. The minimum absolute atomic E-state index is 0.105. The van der Waals surface area contributed by atoms with Crippen LogP contribution in [0.4, 0.5) is 4.39 Å². The normalized spacial score (nSPS) is 17.0. The van der Waals surface area contributed by atoms with Crippen molar-refractivity contribution < 1.29 is 28.7 Å². The predicted octanol–water partition coefficient (Wildman–Crippen LogP) is 2.47. The van der Waals surface area contributed by atoms with Gasteiger partial charge >= 0.3 is 0 Å². The van der Waals surface area contributed by atoms with Gasteiger partial charge in [-0.2, -0.15) is 0 Å². The highest BCUT2D eigenvalue weighted by molar-refractivity contribution is 6.46. The molecule has 0 saturated carbocycles. The molecule has 1 aliphatic rings. The Hall–Kier alpha value is -3.97. The fraction of sp³-hybridized carbons (Fsp3) is 0.267. The van der Waals surface area contributed by atoms with E-state index < -0.39 is 29.3 Å². The van der Waals surface area contributed by atoms with E-state index in [1.165, 1.54) is 34.1 Å². The van der Waals surface area contributed by atoms with Gasteiger partial charge in [0.15, 0.2) is 0 Å². The number of ketones is 1. The number of hydrogen-bond donors (Lipinski definition) is 1. The summed E-state index contributed by atoms with van der Waals surface area (Å²) in [6.45, 7) is 3.33. The number of carbonyl (C=O) groups is 2. The van der Waals surface area contributed by atoms with Crippen LogP contribution < -0.4 is 14.7 Å².